The van der Waals surface area contributed by atoms with Gasteiger partial charge in [-0.05, 0) is 43.9 Å². The molecule has 0 aromatic heterocycles. The number of benzene rings is 2. The molecule has 2 aromatic rings. The predicted molar refractivity (Wildman–Crippen MR) is 107 cm³/mol. The van der Waals surface area contributed by atoms with Crippen LogP contribution in [0.1, 0.15) is 30.9 Å². The van der Waals surface area contributed by atoms with Gasteiger partial charge in [-0.1, -0.05) is 48.5 Å². The van der Waals surface area contributed by atoms with Crippen LogP contribution in [0, 0.1) is 12.3 Å². The second-order valence-electron chi connectivity index (χ2n) is 7.50. The summed E-state index contributed by atoms with van der Waals surface area (Å²) in [5.41, 5.74) is 2.32. The molecule has 1 fully saturated rings. The Morgan fingerprint density at radius 1 is 1.07 bits per heavy atom. The number of nitrogens with one attached hydrogen (secondary N) is 2. The predicted octanol–water partition coefficient (Wildman–Crippen LogP) is 3.95. The molecule has 0 spiro atoms. The number of piperidine rings is 1. The topological polar surface area (TPSA) is 61.4 Å². The van der Waals surface area contributed by atoms with Gasteiger partial charge in [-0.15, -0.1) is 0 Å². The highest BCUT2D eigenvalue weighted by Gasteiger charge is 2.39. The van der Waals surface area contributed by atoms with Crippen molar-refractivity contribution >= 4 is 17.6 Å². The summed E-state index contributed by atoms with van der Waals surface area (Å²) >= 11 is 0. The van der Waals surface area contributed by atoms with E-state index in [2.05, 4.69) is 10.6 Å². The first-order chi connectivity index (χ1) is 13.0. The molecule has 1 aliphatic heterocycles. The number of nitrogens with zero attached hydrogens (tertiary/aromatic N) is 1. The first-order valence-electron chi connectivity index (χ1n) is 9.42. The van der Waals surface area contributed by atoms with Gasteiger partial charge >= 0.3 is 6.03 Å². The number of carbonyl (C=O) groups excluding carboxylic acids is 2. The lowest BCUT2D eigenvalue weighted by Gasteiger charge is -2.39. The van der Waals surface area contributed by atoms with Crippen LogP contribution in [0.5, 0.6) is 0 Å². The van der Waals surface area contributed by atoms with E-state index in [1.54, 1.807) is 4.90 Å². The molecule has 1 aliphatic rings. The summed E-state index contributed by atoms with van der Waals surface area (Å²) in [4.78, 5) is 27.2. The number of likely N-dealkylation sites (tertiary alicyclic amines) is 1. The van der Waals surface area contributed by atoms with Gasteiger partial charge < -0.3 is 15.5 Å². The van der Waals surface area contributed by atoms with E-state index in [9.17, 15) is 9.59 Å². The standard InChI is InChI=1S/C22H27N3O2/c1-17-9-6-7-12-19(17)24-21(27)25-14-8-13-22(2,16-25)20(26)23-15-18-10-4-3-5-11-18/h3-7,9-12H,8,13-16H2,1-2H3,(H,23,26)(H,24,27). The molecule has 0 aliphatic carbocycles. The highest BCUT2D eigenvalue weighted by molar-refractivity contribution is 5.91. The van der Waals surface area contributed by atoms with Crippen LogP contribution in [0.25, 0.3) is 0 Å². The van der Waals surface area contributed by atoms with Crippen molar-refractivity contribution < 1.29 is 9.59 Å². The van der Waals surface area contributed by atoms with Crippen molar-refractivity contribution in [1.82, 2.24) is 10.2 Å². The summed E-state index contributed by atoms with van der Waals surface area (Å²) in [5.74, 6) is -0.000236. The Balaban J connectivity index is 1.60. The molecule has 5 heteroatoms. The fourth-order valence-corrected chi connectivity index (χ4v) is 3.50. The zero-order chi connectivity index (χ0) is 19.3. The molecule has 2 N–H and O–H groups in total. The zero-order valence-corrected chi connectivity index (χ0v) is 16.0. The van der Waals surface area contributed by atoms with Crippen molar-refractivity contribution in [2.45, 2.75) is 33.2 Å². The SMILES string of the molecule is Cc1ccccc1NC(=O)N1CCCC(C)(C(=O)NCc2ccccc2)C1. The number of para-hydroxylation sites is 1. The van der Waals surface area contributed by atoms with Crippen LogP contribution >= 0.6 is 0 Å². The maximum absolute atomic E-state index is 12.8. The summed E-state index contributed by atoms with van der Waals surface area (Å²) in [6.07, 6.45) is 1.60. The van der Waals surface area contributed by atoms with E-state index in [0.717, 1.165) is 29.7 Å². The lowest BCUT2D eigenvalue weighted by atomic mass is 9.81. The molecular weight excluding hydrogens is 338 g/mol. The number of hydrogen-bond donors (Lipinski definition) is 2. The van der Waals surface area contributed by atoms with Crippen molar-refractivity contribution in [1.29, 1.82) is 0 Å². The molecule has 0 saturated carbocycles. The van der Waals surface area contributed by atoms with Gasteiger partial charge in [0.1, 0.15) is 0 Å². The van der Waals surface area contributed by atoms with Crippen LogP contribution in [0.3, 0.4) is 0 Å². The van der Waals surface area contributed by atoms with E-state index >= 15 is 0 Å². The minimum Gasteiger partial charge on any atom is -0.351 e. The van der Waals surface area contributed by atoms with Gasteiger partial charge in [-0.3, -0.25) is 4.79 Å². The Kier molecular flexibility index (Phi) is 5.79. The van der Waals surface area contributed by atoms with Gasteiger partial charge in [0.2, 0.25) is 5.91 Å². The van der Waals surface area contributed by atoms with Crippen LogP contribution < -0.4 is 10.6 Å². The smallest absolute Gasteiger partial charge is 0.321 e. The van der Waals surface area contributed by atoms with Crippen LogP contribution in [0.4, 0.5) is 10.5 Å². The van der Waals surface area contributed by atoms with Crippen LogP contribution in [-0.4, -0.2) is 29.9 Å². The van der Waals surface area contributed by atoms with Crippen molar-refractivity contribution in [3.8, 4) is 0 Å². The second kappa shape index (κ2) is 8.25. The maximum atomic E-state index is 12.8. The number of aryl methyl sites for hydroxylation is 1. The first-order valence-corrected chi connectivity index (χ1v) is 9.42. The molecular formula is C22H27N3O2. The summed E-state index contributed by atoms with van der Waals surface area (Å²) in [6.45, 7) is 5.50. The number of hydrogen-bond acceptors (Lipinski definition) is 2. The Labute approximate surface area is 160 Å². The Morgan fingerprint density at radius 3 is 2.52 bits per heavy atom. The Bertz CT molecular complexity index is 806. The molecule has 2 aromatic carbocycles. The number of urea groups is 1. The molecule has 142 valence electrons. The lowest BCUT2D eigenvalue weighted by molar-refractivity contribution is -0.132. The molecule has 1 atom stereocenters. The van der Waals surface area contributed by atoms with Crippen LogP contribution in [-0.2, 0) is 11.3 Å². The van der Waals surface area contributed by atoms with Crippen LogP contribution in [0.2, 0.25) is 0 Å². The number of rotatable bonds is 4. The second-order valence-corrected chi connectivity index (χ2v) is 7.50. The van der Waals surface area contributed by atoms with E-state index in [-0.39, 0.29) is 11.9 Å². The number of carbonyl (C=O) groups is 2. The molecule has 5 nitrogen and oxygen atoms in total. The average molecular weight is 365 g/mol. The van der Waals surface area contributed by atoms with Crippen molar-refractivity contribution in [3.63, 3.8) is 0 Å². The summed E-state index contributed by atoms with van der Waals surface area (Å²) < 4.78 is 0. The molecule has 0 bridgehead atoms. The summed E-state index contributed by atoms with van der Waals surface area (Å²) in [5, 5.41) is 6.00. The Hall–Kier alpha value is -2.82. The monoisotopic (exact) mass is 365 g/mol. The highest BCUT2D eigenvalue weighted by Crippen LogP contribution is 2.30. The third kappa shape index (κ3) is 4.67. The van der Waals surface area contributed by atoms with E-state index in [0.29, 0.717) is 19.6 Å². The van der Waals surface area contributed by atoms with E-state index in [4.69, 9.17) is 0 Å². The maximum Gasteiger partial charge on any atom is 0.321 e. The van der Waals surface area contributed by atoms with Gasteiger partial charge in [0.25, 0.3) is 0 Å². The quantitative estimate of drug-likeness (QED) is 0.862. The largest absolute Gasteiger partial charge is 0.351 e. The fourth-order valence-electron chi connectivity index (χ4n) is 3.50. The summed E-state index contributed by atoms with van der Waals surface area (Å²) in [7, 11) is 0. The number of amides is 3. The van der Waals surface area contributed by atoms with Crippen LogP contribution in [0.15, 0.2) is 54.6 Å². The Morgan fingerprint density at radius 2 is 1.78 bits per heavy atom. The summed E-state index contributed by atoms with van der Waals surface area (Å²) in [6, 6.07) is 17.4. The van der Waals surface area contributed by atoms with E-state index in [1.807, 2.05) is 68.4 Å². The average Bonchev–Trinajstić information content (AvgIpc) is 2.68. The van der Waals surface area contributed by atoms with Crippen molar-refractivity contribution in [2.75, 3.05) is 18.4 Å². The van der Waals surface area contributed by atoms with Gasteiger partial charge in [0, 0.05) is 25.3 Å². The van der Waals surface area contributed by atoms with Crippen molar-refractivity contribution in [2.24, 2.45) is 5.41 Å². The molecule has 1 saturated heterocycles. The molecule has 1 heterocycles. The third-order valence-electron chi connectivity index (χ3n) is 5.21. The van der Waals surface area contributed by atoms with Gasteiger partial charge in [0.05, 0.1) is 5.41 Å². The highest BCUT2D eigenvalue weighted by atomic mass is 16.2. The molecule has 27 heavy (non-hydrogen) atoms. The molecule has 1 unspecified atom stereocenters. The zero-order valence-electron chi connectivity index (χ0n) is 16.0. The number of anilines is 1. The van der Waals surface area contributed by atoms with Crippen molar-refractivity contribution in [3.05, 3.63) is 65.7 Å². The minimum atomic E-state index is -0.573. The van der Waals surface area contributed by atoms with Gasteiger partial charge in [-0.2, -0.15) is 0 Å². The molecule has 0 radical (unpaired) electrons. The first kappa shape index (κ1) is 19.0. The fraction of sp³-hybridized carbons (Fsp3) is 0.364. The van der Waals surface area contributed by atoms with E-state index < -0.39 is 5.41 Å². The van der Waals surface area contributed by atoms with Gasteiger partial charge in [0.15, 0.2) is 0 Å². The normalized spacial score (nSPS) is 19.4. The third-order valence-corrected chi connectivity index (χ3v) is 5.21. The lowest BCUT2D eigenvalue weighted by Crippen LogP contribution is -2.52. The molecule has 3 amide bonds. The van der Waals surface area contributed by atoms with Gasteiger partial charge in [-0.25, -0.2) is 4.79 Å². The minimum absolute atomic E-state index is 0.000236. The van der Waals surface area contributed by atoms with E-state index in [1.165, 1.54) is 0 Å². The molecule has 3 rings (SSSR count).